The fourth-order valence-corrected chi connectivity index (χ4v) is 4.23. The average Bonchev–Trinajstić information content (AvgIpc) is 3.51. The van der Waals surface area contributed by atoms with E-state index >= 15 is 0 Å². The van der Waals surface area contributed by atoms with E-state index in [9.17, 15) is 4.79 Å². The molecule has 4 rings (SSSR count). The molecule has 0 fully saturated rings. The molecular weight excluding hydrogens is 412 g/mol. The summed E-state index contributed by atoms with van der Waals surface area (Å²) in [5.41, 5.74) is 2.82. The Balaban J connectivity index is 1.47. The van der Waals surface area contributed by atoms with Gasteiger partial charge in [0.1, 0.15) is 0 Å². The van der Waals surface area contributed by atoms with Gasteiger partial charge in [-0.25, -0.2) is 0 Å². The standard InChI is InChI=1S/C24H24N2O4S/c1-28-21-11-10-18(13-22(21)29-2)20-14-19(30-25-20)16-26(15-17-7-4-3-5-8-17)24(27)23-9-6-12-31-23/h3-13,19H,14-16H2,1-2H3/t19-/m0/s1. The van der Waals surface area contributed by atoms with Gasteiger partial charge in [-0.05, 0) is 35.2 Å². The van der Waals surface area contributed by atoms with E-state index in [1.165, 1.54) is 11.3 Å². The fraction of sp³-hybridized carbons (Fsp3) is 0.250. The Labute approximate surface area is 185 Å². The van der Waals surface area contributed by atoms with E-state index in [1.807, 2.05) is 70.9 Å². The molecule has 0 radical (unpaired) electrons. The Morgan fingerprint density at radius 1 is 1.10 bits per heavy atom. The summed E-state index contributed by atoms with van der Waals surface area (Å²) in [6.45, 7) is 0.967. The smallest absolute Gasteiger partial charge is 0.264 e. The Morgan fingerprint density at radius 3 is 2.61 bits per heavy atom. The van der Waals surface area contributed by atoms with Crippen LogP contribution in [0, 0.1) is 0 Å². The van der Waals surface area contributed by atoms with Crippen LogP contribution in [-0.2, 0) is 11.4 Å². The molecule has 0 saturated carbocycles. The lowest BCUT2D eigenvalue weighted by atomic mass is 10.0. The zero-order chi connectivity index (χ0) is 21.6. The van der Waals surface area contributed by atoms with Crippen molar-refractivity contribution in [3.05, 3.63) is 82.0 Å². The maximum atomic E-state index is 13.1. The molecule has 2 heterocycles. The summed E-state index contributed by atoms with van der Waals surface area (Å²) in [6.07, 6.45) is 0.397. The summed E-state index contributed by atoms with van der Waals surface area (Å²) in [6, 6.07) is 19.4. The number of oxime groups is 1. The summed E-state index contributed by atoms with van der Waals surface area (Å²) in [5.74, 6) is 1.31. The van der Waals surface area contributed by atoms with Gasteiger partial charge >= 0.3 is 0 Å². The molecular formula is C24H24N2O4S. The molecule has 1 aromatic heterocycles. The second-order valence-electron chi connectivity index (χ2n) is 7.19. The van der Waals surface area contributed by atoms with Crippen molar-refractivity contribution in [3.63, 3.8) is 0 Å². The van der Waals surface area contributed by atoms with Crippen molar-refractivity contribution in [1.29, 1.82) is 0 Å². The Bertz CT molecular complexity index is 1050. The topological polar surface area (TPSA) is 60.4 Å². The molecule has 31 heavy (non-hydrogen) atoms. The van der Waals surface area contributed by atoms with Crippen LogP contribution in [0.15, 0.2) is 71.2 Å². The zero-order valence-electron chi connectivity index (χ0n) is 17.5. The monoisotopic (exact) mass is 436 g/mol. The Morgan fingerprint density at radius 2 is 1.90 bits per heavy atom. The number of methoxy groups -OCH3 is 2. The van der Waals surface area contributed by atoms with Gasteiger partial charge < -0.3 is 19.2 Å². The van der Waals surface area contributed by atoms with E-state index in [-0.39, 0.29) is 12.0 Å². The minimum atomic E-state index is -0.212. The second-order valence-corrected chi connectivity index (χ2v) is 8.14. The quantitative estimate of drug-likeness (QED) is 0.518. The summed E-state index contributed by atoms with van der Waals surface area (Å²) in [4.78, 5) is 21.4. The highest BCUT2D eigenvalue weighted by atomic mass is 32.1. The number of hydrogen-bond donors (Lipinski definition) is 0. The van der Waals surface area contributed by atoms with Crippen LogP contribution in [0.3, 0.4) is 0 Å². The Hall–Kier alpha value is -3.32. The lowest BCUT2D eigenvalue weighted by Crippen LogP contribution is -2.37. The van der Waals surface area contributed by atoms with Gasteiger partial charge in [-0.3, -0.25) is 4.79 Å². The molecule has 1 aliphatic heterocycles. The van der Waals surface area contributed by atoms with Crippen LogP contribution in [0.5, 0.6) is 11.5 Å². The fourth-order valence-electron chi connectivity index (χ4n) is 3.54. The van der Waals surface area contributed by atoms with Gasteiger partial charge in [0.2, 0.25) is 0 Å². The number of carbonyl (C=O) groups excluding carboxylic acids is 1. The minimum Gasteiger partial charge on any atom is -0.493 e. The molecule has 6 nitrogen and oxygen atoms in total. The predicted octanol–water partition coefficient (Wildman–Crippen LogP) is 4.60. The molecule has 7 heteroatoms. The average molecular weight is 437 g/mol. The summed E-state index contributed by atoms with van der Waals surface area (Å²) >= 11 is 1.45. The first-order valence-corrected chi connectivity index (χ1v) is 10.9. The molecule has 0 N–H and O–H groups in total. The Kier molecular flexibility index (Phi) is 6.52. The summed E-state index contributed by atoms with van der Waals surface area (Å²) < 4.78 is 10.7. The SMILES string of the molecule is COc1ccc(C2=NO[C@H](CN(Cc3ccccc3)C(=O)c3cccs3)C2)cc1OC. The molecule has 0 bridgehead atoms. The molecule has 1 aliphatic rings. The van der Waals surface area contributed by atoms with Crippen molar-refractivity contribution in [2.75, 3.05) is 20.8 Å². The molecule has 1 amide bonds. The van der Waals surface area contributed by atoms with Gasteiger partial charge in [0.25, 0.3) is 5.91 Å². The van der Waals surface area contributed by atoms with Crippen molar-refractivity contribution < 1.29 is 19.1 Å². The van der Waals surface area contributed by atoms with Crippen LogP contribution in [0.1, 0.15) is 27.2 Å². The third-order valence-electron chi connectivity index (χ3n) is 5.11. The van der Waals surface area contributed by atoms with Gasteiger partial charge in [0.15, 0.2) is 17.6 Å². The van der Waals surface area contributed by atoms with Gasteiger partial charge in [0, 0.05) is 18.5 Å². The van der Waals surface area contributed by atoms with E-state index in [0.29, 0.717) is 31.0 Å². The zero-order valence-corrected chi connectivity index (χ0v) is 18.3. The van der Waals surface area contributed by atoms with Crippen LogP contribution in [0.4, 0.5) is 0 Å². The van der Waals surface area contributed by atoms with E-state index < -0.39 is 0 Å². The molecule has 0 aliphatic carbocycles. The number of hydrogen-bond acceptors (Lipinski definition) is 6. The van der Waals surface area contributed by atoms with Gasteiger partial charge in [-0.2, -0.15) is 0 Å². The first kappa shape index (κ1) is 20.9. The maximum absolute atomic E-state index is 13.1. The normalized spacial score (nSPS) is 15.2. The second kappa shape index (κ2) is 9.66. The molecule has 160 valence electrons. The highest BCUT2D eigenvalue weighted by Gasteiger charge is 2.28. The minimum absolute atomic E-state index is 0.00187. The molecule has 1 atom stereocenters. The number of rotatable bonds is 8. The lowest BCUT2D eigenvalue weighted by molar-refractivity contribution is 0.0408. The van der Waals surface area contributed by atoms with Crippen molar-refractivity contribution in [3.8, 4) is 11.5 Å². The van der Waals surface area contributed by atoms with Gasteiger partial charge in [-0.15, -0.1) is 11.3 Å². The van der Waals surface area contributed by atoms with E-state index in [1.54, 1.807) is 14.2 Å². The molecule has 2 aromatic carbocycles. The number of benzene rings is 2. The van der Waals surface area contributed by atoms with E-state index in [2.05, 4.69) is 5.16 Å². The number of amides is 1. The number of thiophene rings is 1. The van der Waals surface area contributed by atoms with Crippen LogP contribution in [-0.4, -0.2) is 43.4 Å². The lowest BCUT2D eigenvalue weighted by Gasteiger charge is -2.24. The third-order valence-corrected chi connectivity index (χ3v) is 5.97. The summed E-state index contributed by atoms with van der Waals surface area (Å²) in [7, 11) is 3.21. The van der Waals surface area contributed by atoms with Crippen LogP contribution in [0.25, 0.3) is 0 Å². The number of ether oxygens (including phenoxy) is 2. The van der Waals surface area contributed by atoms with Gasteiger partial charge in [0.05, 0.1) is 31.4 Å². The number of carbonyl (C=O) groups is 1. The molecule has 0 saturated heterocycles. The highest BCUT2D eigenvalue weighted by molar-refractivity contribution is 7.12. The largest absolute Gasteiger partial charge is 0.493 e. The maximum Gasteiger partial charge on any atom is 0.264 e. The first-order chi connectivity index (χ1) is 15.2. The summed E-state index contributed by atoms with van der Waals surface area (Å²) in [5, 5.41) is 6.20. The highest BCUT2D eigenvalue weighted by Crippen LogP contribution is 2.30. The van der Waals surface area contributed by atoms with Crippen molar-refractivity contribution >= 4 is 23.0 Å². The predicted molar refractivity (Wildman–Crippen MR) is 121 cm³/mol. The van der Waals surface area contributed by atoms with Crippen molar-refractivity contribution in [2.45, 2.75) is 19.1 Å². The first-order valence-electron chi connectivity index (χ1n) is 9.99. The van der Waals surface area contributed by atoms with E-state index in [0.717, 1.165) is 21.7 Å². The molecule has 0 unspecified atom stereocenters. The van der Waals surface area contributed by atoms with Crippen LogP contribution >= 0.6 is 11.3 Å². The third kappa shape index (κ3) is 4.88. The molecule has 0 spiro atoms. The van der Waals surface area contributed by atoms with Crippen molar-refractivity contribution in [2.24, 2.45) is 5.16 Å². The van der Waals surface area contributed by atoms with Gasteiger partial charge in [-0.1, -0.05) is 41.6 Å². The van der Waals surface area contributed by atoms with Crippen LogP contribution < -0.4 is 9.47 Å². The van der Waals surface area contributed by atoms with Crippen LogP contribution in [0.2, 0.25) is 0 Å². The van der Waals surface area contributed by atoms with Crippen molar-refractivity contribution in [1.82, 2.24) is 4.90 Å². The molecule has 3 aromatic rings. The number of nitrogens with zero attached hydrogens (tertiary/aromatic N) is 2. The van der Waals surface area contributed by atoms with E-state index in [4.69, 9.17) is 14.3 Å².